The van der Waals surface area contributed by atoms with E-state index in [1.54, 1.807) is 12.3 Å². The highest BCUT2D eigenvalue weighted by Crippen LogP contribution is 2.33. The molecule has 1 aromatic heterocycles. The first-order valence-corrected chi connectivity index (χ1v) is 9.37. The lowest BCUT2D eigenvalue weighted by atomic mass is 10.1. The number of aryl methyl sites for hydroxylation is 1. The first kappa shape index (κ1) is 17.4. The van der Waals surface area contributed by atoms with Crippen molar-refractivity contribution in [2.45, 2.75) is 39.4 Å². The van der Waals surface area contributed by atoms with Gasteiger partial charge >= 0.3 is 0 Å². The molecule has 0 fully saturated rings. The molecule has 1 aliphatic rings. The number of carbonyl (C=O) groups is 1. The van der Waals surface area contributed by atoms with Crippen LogP contribution in [0.3, 0.4) is 0 Å². The number of benzene rings is 2. The van der Waals surface area contributed by atoms with Crippen LogP contribution in [0.5, 0.6) is 0 Å². The van der Waals surface area contributed by atoms with Crippen molar-refractivity contribution < 1.29 is 9.21 Å². The Morgan fingerprint density at radius 3 is 2.78 bits per heavy atom. The number of nitrogens with one attached hydrogen (secondary N) is 1. The summed E-state index contributed by atoms with van der Waals surface area (Å²) in [7, 11) is 0. The van der Waals surface area contributed by atoms with Crippen LogP contribution in [0, 0.1) is 6.92 Å². The topological polar surface area (TPSA) is 45.5 Å². The molecule has 1 aliphatic heterocycles. The molecule has 1 atom stereocenters. The average molecular weight is 360 g/mol. The van der Waals surface area contributed by atoms with E-state index in [0.29, 0.717) is 30.5 Å². The highest BCUT2D eigenvalue weighted by atomic mass is 16.3. The van der Waals surface area contributed by atoms with Crippen LogP contribution in [0.25, 0.3) is 0 Å². The number of para-hydroxylation sites is 1. The third kappa shape index (κ3) is 3.47. The number of hydrogen-bond acceptors (Lipinski definition) is 3. The smallest absolute Gasteiger partial charge is 0.255 e. The van der Waals surface area contributed by atoms with E-state index in [0.717, 1.165) is 12.0 Å². The summed E-state index contributed by atoms with van der Waals surface area (Å²) in [6, 6.07) is 18.7. The van der Waals surface area contributed by atoms with Gasteiger partial charge in [-0.15, -0.1) is 0 Å². The summed E-state index contributed by atoms with van der Waals surface area (Å²) >= 11 is 0. The van der Waals surface area contributed by atoms with E-state index >= 15 is 0 Å². The number of carbonyl (C=O) groups excluding carboxylic acids is 1. The molecule has 1 unspecified atom stereocenters. The molecule has 2 heterocycles. The summed E-state index contributed by atoms with van der Waals surface area (Å²) in [6.07, 6.45) is 2.62. The van der Waals surface area contributed by atoms with Gasteiger partial charge in [0.25, 0.3) is 5.91 Å². The summed E-state index contributed by atoms with van der Waals surface area (Å²) in [6.45, 7) is 5.37. The van der Waals surface area contributed by atoms with Crippen molar-refractivity contribution >= 4 is 11.6 Å². The Bertz CT molecular complexity index is 960. The molecule has 0 aliphatic carbocycles. The lowest BCUT2D eigenvalue weighted by Crippen LogP contribution is -2.30. The standard InChI is InChI=1S/C23H24N2O2/c1-16-7-3-4-9-19(16)14-24-23(26)20-11-12-27-22(20)15-25-17(2)13-18-8-5-6-10-21(18)25/h3-12,17H,13-15H2,1-2H3,(H,24,26). The minimum Gasteiger partial charge on any atom is -0.467 e. The Morgan fingerprint density at radius 1 is 1.15 bits per heavy atom. The van der Waals surface area contributed by atoms with Crippen LogP contribution in [0.4, 0.5) is 5.69 Å². The quantitative estimate of drug-likeness (QED) is 0.730. The highest BCUT2D eigenvalue weighted by Gasteiger charge is 2.27. The molecule has 1 N–H and O–H groups in total. The molecular weight excluding hydrogens is 336 g/mol. The monoisotopic (exact) mass is 360 g/mol. The van der Waals surface area contributed by atoms with E-state index in [4.69, 9.17) is 4.42 Å². The predicted octanol–water partition coefficient (Wildman–Crippen LogP) is 4.47. The molecule has 0 bridgehead atoms. The summed E-state index contributed by atoms with van der Waals surface area (Å²) < 4.78 is 5.68. The van der Waals surface area contributed by atoms with Gasteiger partial charge < -0.3 is 14.6 Å². The molecule has 138 valence electrons. The van der Waals surface area contributed by atoms with Crippen molar-refractivity contribution in [1.82, 2.24) is 5.32 Å². The van der Waals surface area contributed by atoms with Crippen LogP contribution >= 0.6 is 0 Å². The predicted molar refractivity (Wildman–Crippen MR) is 107 cm³/mol. The van der Waals surface area contributed by atoms with E-state index in [1.165, 1.54) is 16.8 Å². The minimum absolute atomic E-state index is 0.0952. The largest absolute Gasteiger partial charge is 0.467 e. The van der Waals surface area contributed by atoms with Crippen molar-refractivity contribution in [3.63, 3.8) is 0 Å². The normalized spacial score (nSPS) is 15.6. The number of amides is 1. The number of anilines is 1. The molecule has 27 heavy (non-hydrogen) atoms. The highest BCUT2D eigenvalue weighted by molar-refractivity contribution is 5.95. The molecule has 4 rings (SSSR count). The van der Waals surface area contributed by atoms with Gasteiger partial charge in [0.1, 0.15) is 5.76 Å². The molecular formula is C23H24N2O2. The maximum atomic E-state index is 12.7. The number of furan rings is 1. The zero-order chi connectivity index (χ0) is 18.8. The molecule has 2 aromatic carbocycles. The van der Waals surface area contributed by atoms with Gasteiger partial charge in [-0.25, -0.2) is 0 Å². The van der Waals surface area contributed by atoms with Crippen molar-refractivity contribution in [3.8, 4) is 0 Å². The van der Waals surface area contributed by atoms with Crippen molar-refractivity contribution in [1.29, 1.82) is 0 Å². The van der Waals surface area contributed by atoms with Crippen molar-refractivity contribution in [2.75, 3.05) is 4.90 Å². The van der Waals surface area contributed by atoms with Gasteiger partial charge in [-0.3, -0.25) is 4.79 Å². The maximum absolute atomic E-state index is 12.7. The van der Waals surface area contributed by atoms with Crippen LogP contribution in [0.2, 0.25) is 0 Å². The zero-order valence-corrected chi connectivity index (χ0v) is 15.7. The van der Waals surface area contributed by atoms with Crippen LogP contribution in [0.1, 0.15) is 39.7 Å². The second-order valence-electron chi connectivity index (χ2n) is 7.18. The third-order valence-electron chi connectivity index (χ3n) is 5.35. The van der Waals surface area contributed by atoms with Gasteiger partial charge in [-0.2, -0.15) is 0 Å². The van der Waals surface area contributed by atoms with Crippen molar-refractivity contribution in [2.24, 2.45) is 0 Å². The second-order valence-corrected chi connectivity index (χ2v) is 7.18. The minimum atomic E-state index is -0.0952. The number of rotatable bonds is 5. The van der Waals surface area contributed by atoms with Gasteiger partial charge in [0.15, 0.2) is 0 Å². The molecule has 4 nitrogen and oxygen atoms in total. The average Bonchev–Trinajstić information content (AvgIpc) is 3.26. The van der Waals surface area contributed by atoms with Gasteiger partial charge in [0.05, 0.1) is 18.4 Å². The van der Waals surface area contributed by atoms with E-state index in [9.17, 15) is 4.79 Å². The fourth-order valence-electron chi connectivity index (χ4n) is 3.77. The molecule has 0 saturated carbocycles. The summed E-state index contributed by atoms with van der Waals surface area (Å²) in [5.74, 6) is 0.614. The van der Waals surface area contributed by atoms with Gasteiger partial charge in [0.2, 0.25) is 0 Å². The molecule has 1 amide bonds. The lowest BCUT2D eigenvalue weighted by molar-refractivity contribution is 0.0949. The molecule has 4 heteroatoms. The first-order valence-electron chi connectivity index (χ1n) is 9.37. The van der Waals surface area contributed by atoms with Crippen LogP contribution in [-0.4, -0.2) is 11.9 Å². The van der Waals surface area contributed by atoms with E-state index in [-0.39, 0.29) is 5.91 Å². The second kappa shape index (κ2) is 7.31. The SMILES string of the molecule is Cc1ccccc1CNC(=O)c1ccoc1CN1c2ccccc2CC1C. The Labute approximate surface area is 159 Å². The third-order valence-corrected chi connectivity index (χ3v) is 5.35. The number of fused-ring (bicyclic) bond motifs is 1. The van der Waals surface area contributed by atoms with E-state index in [1.807, 2.05) is 18.2 Å². The van der Waals surface area contributed by atoms with Crippen LogP contribution in [0.15, 0.2) is 65.3 Å². The van der Waals surface area contributed by atoms with Gasteiger partial charge in [-0.1, -0.05) is 42.5 Å². The van der Waals surface area contributed by atoms with Crippen molar-refractivity contribution in [3.05, 3.63) is 88.9 Å². The number of hydrogen-bond donors (Lipinski definition) is 1. The molecule has 3 aromatic rings. The summed E-state index contributed by atoms with van der Waals surface area (Å²) in [5, 5.41) is 3.02. The van der Waals surface area contributed by atoms with E-state index < -0.39 is 0 Å². The van der Waals surface area contributed by atoms with Gasteiger partial charge in [0, 0.05) is 18.3 Å². The Kier molecular flexibility index (Phi) is 4.71. The number of nitrogens with zero attached hydrogens (tertiary/aromatic N) is 1. The maximum Gasteiger partial charge on any atom is 0.255 e. The van der Waals surface area contributed by atoms with Crippen LogP contribution in [-0.2, 0) is 19.5 Å². The van der Waals surface area contributed by atoms with Gasteiger partial charge in [-0.05, 0) is 49.1 Å². The summed E-state index contributed by atoms with van der Waals surface area (Å²) in [4.78, 5) is 15.0. The fraction of sp³-hybridized carbons (Fsp3) is 0.261. The first-order chi connectivity index (χ1) is 13.1. The summed E-state index contributed by atoms with van der Waals surface area (Å²) in [5.41, 5.74) is 5.49. The van der Waals surface area contributed by atoms with E-state index in [2.05, 4.69) is 54.4 Å². The molecule has 0 spiro atoms. The fourth-order valence-corrected chi connectivity index (χ4v) is 3.77. The molecule has 0 saturated heterocycles. The Hall–Kier alpha value is -3.01. The Balaban J connectivity index is 1.48. The van der Waals surface area contributed by atoms with Crippen LogP contribution < -0.4 is 10.2 Å². The Morgan fingerprint density at radius 2 is 1.93 bits per heavy atom. The molecule has 0 radical (unpaired) electrons. The lowest BCUT2D eigenvalue weighted by Gasteiger charge is -2.24. The zero-order valence-electron chi connectivity index (χ0n) is 15.7.